The van der Waals surface area contributed by atoms with Gasteiger partial charge < -0.3 is 15.0 Å². The van der Waals surface area contributed by atoms with Gasteiger partial charge in [-0.3, -0.25) is 9.67 Å². The Labute approximate surface area is 144 Å². The van der Waals surface area contributed by atoms with Crippen LogP contribution in [0, 0.1) is 0 Å². The Bertz CT molecular complexity index is 448. The number of guanidine groups is 1. The minimum Gasteiger partial charge on any atom is -0.370 e. The summed E-state index contributed by atoms with van der Waals surface area (Å²) in [4.78, 5) is 6.63. The number of aryl methyl sites for hydroxylation is 1. The third kappa shape index (κ3) is 5.14. The van der Waals surface area contributed by atoms with Crippen LogP contribution >= 0.6 is 24.0 Å². The second-order valence-electron chi connectivity index (χ2n) is 5.08. The summed E-state index contributed by atoms with van der Waals surface area (Å²) in [6.45, 7) is 5.57. The third-order valence-electron chi connectivity index (χ3n) is 3.49. The molecule has 6 nitrogen and oxygen atoms in total. The van der Waals surface area contributed by atoms with Crippen molar-refractivity contribution >= 4 is 29.9 Å². The molecule has 1 aliphatic rings. The molecule has 1 atom stereocenters. The van der Waals surface area contributed by atoms with Crippen LogP contribution in [0.1, 0.15) is 31.4 Å². The molecule has 1 unspecified atom stereocenters. The standard InChI is InChI=1S/C14H25N5O.HI/c1-4-5-6-16-14(15-2)19-7-8-20-13(11-19)12-9-17-18(3)10-12;/h9-10,13H,4-8,11H2,1-3H3,(H,15,16);1H. The van der Waals surface area contributed by atoms with Gasteiger partial charge in [0.25, 0.3) is 0 Å². The van der Waals surface area contributed by atoms with E-state index in [2.05, 4.69) is 27.2 Å². The van der Waals surface area contributed by atoms with Crippen LogP contribution < -0.4 is 5.32 Å². The van der Waals surface area contributed by atoms with Crippen LogP contribution in [0.4, 0.5) is 0 Å². The molecule has 0 bridgehead atoms. The first-order valence-electron chi connectivity index (χ1n) is 7.30. The third-order valence-corrected chi connectivity index (χ3v) is 3.49. The van der Waals surface area contributed by atoms with E-state index in [1.807, 2.05) is 31.2 Å². The van der Waals surface area contributed by atoms with Crippen LogP contribution in [0.3, 0.4) is 0 Å². The Kier molecular flexibility index (Phi) is 8.02. The van der Waals surface area contributed by atoms with E-state index in [9.17, 15) is 0 Å². The van der Waals surface area contributed by atoms with E-state index >= 15 is 0 Å². The van der Waals surface area contributed by atoms with Crippen LogP contribution in [-0.4, -0.2) is 53.9 Å². The summed E-state index contributed by atoms with van der Waals surface area (Å²) in [5.41, 5.74) is 1.13. The molecule has 0 saturated carbocycles. The van der Waals surface area contributed by atoms with Crippen LogP contribution in [-0.2, 0) is 11.8 Å². The summed E-state index contributed by atoms with van der Waals surface area (Å²) >= 11 is 0. The zero-order valence-corrected chi connectivity index (χ0v) is 15.4. The van der Waals surface area contributed by atoms with Crippen molar-refractivity contribution in [2.75, 3.05) is 33.3 Å². The molecule has 1 aromatic heterocycles. The summed E-state index contributed by atoms with van der Waals surface area (Å²) in [7, 11) is 3.76. The van der Waals surface area contributed by atoms with Gasteiger partial charge in [0.1, 0.15) is 6.10 Å². The van der Waals surface area contributed by atoms with Crippen molar-refractivity contribution < 1.29 is 4.74 Å². The highest BCUT2D eigenvalue weighted by Gasteiger charge is 2.24. The maximum absolute atomic E-state index is 5.85. The van der Waals surface area contributed by atoms with Crippen LogP contribution in [0.5, 0.6) is 0 Å². The van der Waals surface area contributed by atoms with Gasteiger partial charge >= 0.3 is 0 Å². The van der Waals surface area contributed by atoms with E-state index in [0.717, 1.165) is 37.6 Å². The average molecular weight is 407 g/mol. The number of aromatic nitrogens is 2. The first kappa shape index (κ1) is 18.2. The molecule has 1 N–H and O–H groups in total. The number of nitrogens with one attached hydrogen (secondary N) is 1. The van der Waals surface area contributed by atoms with E-state index in [1.165, 1.54) is 6.42 Å². The summed E-state index contributed by atoms with van der Waals surface area (Å²) < 4.78 is 7.66. The van der Waals surface area contributed by atoms with Gasteiger partial charge in [-0.25, -0.2) is 0 Å². The Balaban J connectivity index is 0.00000220. The van der Waals surface area contributed by atoms with Crippen molar-refractivity contribution in [1.82, 2.24) is 20.0 Å². The van der Waals surface area contributed by atoms with Crippen molar-refractivity contribution in [2.24, 2.45) is 12.0 Å². The first-order valence-corrected chi connectivity index (χ1v) is 7.30. The van der Waals surface area contributed by atoms with Crippen LogP contribution in [0.15, 0.2) is 17.4 Å². The molecular weight excluding hydrogens is 381 g/mol. The van der Waals surface area contributed by atoms with Crippen molar-refractivity contribution in [3.63, 3.8) is 0 Å². The quantitative estimate of drug-likeness (QED) is 0.358. The molecule has 1 saturated heterocycles. The largest absolute Gasteiger partial charge is 0.370 e. The number of hydrogen-bond donors (Lipinski definition) is 1. The van der Waals surface area contributed by atoms with Crippen LogP contribution in [0.25, 0.3) is 0 Å². The van der Waals surface area contributed by atoms with Crippen molar-refractivity contribution in [3.8, 4) is 0 Å². The zero-order valence-electron chi connectivity index (χ0n) is 13.1. The number of hydrogen-bond acceptors (Lipinski definition) is 3. The molecule has 7 heteroatoms. The first-order chi connectivity index (χ1) is 9.74. The lowest BCUT2D eigenvalue weighted by molar-refractivity contribution is -0.00801. The number of ether oxygens (including phenoxy) is 1. The second-order valence-corrected chi connectivity index (χ2v) is 5.08. The molecule has 2 heterocycles. The lowest BCUT2D eigenvalue weighted by Crippen LogP contribution is -2.48. The molecule has 0 amide bonds. The highest BCUT2D eigenvalue weighted by atomic mass is 127. The lowest BCUT2D eigenvalue weighted by atomic mass is 10.1. The van der Waals surface area contributed by atoms with Gasteiger partial charge in [0, 0.05) is 38.9 Å². The number of aliphatic imine (C=N–C) groups is 1. The second kappa shape index (κ2) is 9.24. The Morgan fingerprint density at radius 2 is 2.38 bits per heavy atom. The van der Waals surface area contributed by atoms with Gasteiger partial charge in [-0.2, -0.15) is 5.10 Å². The molecule has 21 heavy (non-hydrogen) atoms. The highest BCUT2D eigenvalue weighted by Crippen LogP contribution is 2.21. The Morgan fingerprint density at radius 3 is 3.00 bits per heavy atom. The molecule has 1 fully saturated rings. The number of rotatable bonds is 4. The monoisotopic (exact) mass is 407 g/mol. The molecule has 2 rings (SSSR count). The summed E-state index contributed by atoms with van der Waals surface area (Å²) in [5.74, 6) is 0.968. The minimum atomic E-state index is 0. The molecule has 1 aliphatic heterocycles. The number of nitrogens with zero attached hydrogens (tertiary/aromatic N) is 4. The van der Waals surface area contributed by atoms with Gasteiger partial charge in [0.2, 0.25) is 0 Å². The predicted octanol–water partition coefficient (Wildman–Crippen LogP) is 1.79. The zero-order chi connectivity index (χ0) is 14.4. The average Bonchev–Trinajstić information content (AvgIpc) is 2.90. The number of halogens is 1. The fourth-order valence-electron chi connectivity index (χ4n) is 2.36. The van der Waals surface area contributed by atoms with Gasteiger partial charge in [0.15, 0.2) is 5.96 Å². The van der Waals surface area contributed by atoms with Gasteiger partial charge in [-0.15, -0.1) is 24.0 Å². The summed E-state index contributed by atoms with van der Waals surface area (Å²) in [6, 6.07) is 0. The number of morpholine rings is 1. The van der Waals surface area contributed by atoms with Crippen molar-refractivity contribution in [3.05, 3.63) is 18.0 Å². The predicted molar refractivity (Wildman–Crippen MR) is 95.2 cm³/mol. The maximum atomic E-state index is 5.85. The van der Waals surface area contributed by atoms with E-state index < -0.39 is 0 Å². The molecule has 0 radical (unpaired) electrons. The van der Waals surface area contributed by atoms with Gasteiger partial charge in [0.05, 0.1) is 19.3 Å². The minimum absolute atomic E-state index is 0. The summed E-state index contributed by atoms with van der Waals surface area (Å²) in [5, 5.41) is 7.63. The normalized spacial score (nSPS) is 19.3. The van der Waals surface area contributed by atoms with Crippen molar-refractivity contribution in [2.45, 2.75) is 25.9 Å². The highest BCUT2D eigenvalue weighted by molar-refractivity contribution is 14.0. The molecule has 0 aromatic carbocycles. The maximum Gasteiger partial charge on any atom is 0.193 e. The van der Waals surface area contributed by atoms with E-state index in [0.29, 0.717) is 6.61 Å². The van der Waals surface area contributed by atoms with Crippen LogP contribution in [0.2, 0.25) is 0 Å². The van der Waals surface area contributed by atoms with E-state index in [-0.39, 0.29) is 30.1 Å². The van der Waals surface area contributed by atoms with E-state index in [4.69, 9.17) is 4.74 Å². The molecule has 0 spiro atoms. The Morgan fingerprint density at radius 1 is 1.57 bits per heavy atom. The number of unbranched alkanes of at least 4 members (excludes halogenated alkanes) is 1. The lowest BCUT2D eigenvalue weighted by Gasteiger charge is -2.34. The van der Waals surface area contributed by atoms with E-state index in [1.54, 1.807) is 0 Å². The van der Waals surface area contributed by atoms with Gasteiger partial charge in [-0.05, 0) is 6.42 Å². The van der Waals surface area contributed by atoms with Gasteiger partial charge in [-0.1, -0.05) is 13.3 Å². The Hall–Kier alpha value is -0.830. The fourth-order valence-corrected chi connectivity index (χ4v) is 2.36. The smallest absolute Gasteiger partial charge is 0.193 e. The fraction of sp³-hybridized carbons (Fsp3) is 0.714. The van der Waals surface area contributed by atoms with Crippen molar-refractivity contribution in [1.29, 1.82) is 0 Å². The SMILES string of the molecule is CCCCNC(=NC)N1CCOC(c2cnn(C)c2)C1.I. The molecular formula is C14H26IN5O. The molecule has 120 valence electrons. The topological polar surface area (TPSA) is 54.7 Å². The molecule has 0 aliphatic carbocycles. The molecule has 1 aromatic rings. The summed E-state index contributed by atoms with van der Waals surface area (Å²) in [6.07, 6.45) is 6.31.